The SMILES string of the molecule is CN1CCCCC1CCN1CCC2(C1)OCCO2. The number of rotatable bonds is 3. The van der Waals surface area contributed by atoms with E-state index in [0.29, 0.717) is 0 Å². The van der Waals surface area contributed by atoms with Crippen molar-refractivity contribution in [3.8, 4) is 0 Å². The van der Waals surface area contributed by atoms with Crippen molar-refractivity contribution in [1.29, 1.82) is 0 Å². The van der Waals surface area contributed by atoms with Crippen molar-refractivity contribution in [1.82, 2.24) is 9.80 Å². The van der Waals surface area contributed by atoms with Gasteiger partial charge in [0.2, 0.25) is 0 Å². The molecule has 3 rings (SSSR count). The van der Waals surface area contributed by atoms with Gasteiger partial charge in [-0.05, 0) is 39.4 Å². The number of likely N-dealkylation sites (tertiary alicyclic amines) is 2. The summed E-state index contributed by atoms with van der Waals surface area (Å²) in [5, 5.41) is 0. The quantitative estimate of drug-likeness (QED) is 0.758. The number of hydrogen-bond acceptors (Lipinski definition) is 4. The first kappa shape index (κ1) is 12.9. The maximum absolute atomic E-state index is 5.77. The van der Waals surface area contributed by atoms with Crippen LogP contribution in [0.15, 0.2) is 0 Å². The smallest absolute Gasteiger partial charge is 0.182 e. The van der Waals surface area contributed by atoms with E-state index in [1.54, 1.807) is 0 Å². The highest BCUT2D eigenvalue weighted by Gasteiger charge is 2.43. The monoisotopic (exact) mass is 254 g/mol. The summed E-state index contributed by atoms with van der Waals surface area (Å²) in [7, 11) is 2.28. The van der Waals surface area contributed by atoms with E-state index in [9.17, 15) is 0 Å². The van der Waals surface area contributed by atoms with Crippen LogP contribution in [0.3, 0.4) is 0 Å². The van der Waals surface area contributed by atoms with E-state index in [1.807, 2.05) is 0 Å². The fourth-order valence-electron chi connectivity index (χ4n) is 3.59. The van der Waals surface area contributed by atoms with Crippen LogP contribution in [0.1, 0.15) is 32.1 Å². The summed E-state index contributed by atoms with van der Waals surface area (Å²) in [6.07, 6.45) is 6.51. The maximum atomic E-state index is 5.77. The Morgan fingerprint density at radius 3 is 2.78 bits per heavy atom. The summed E-state index contributed by atoms with van der Waals surface area (Å²) in [5.74, 6) is -0.238. The molecule has 1 unspecified atom stereocenters. The minimum Gasteiger partial charge on any atom is -0.346 e. The standard InChI is InChI=1S/C14H26N2O2/c1-15-7-3-2-4-13(15)5-8-16-9-6-14(12-16)17-10-11-18-14/h13H,2-12H2,1H3. The molecule has 0 amide bonds. The zero-order chi connectivity index (χ0) is 12.4. The van der Waals surface area contributed by atoms with Crippen molar-refractivity contribution in [3.05, 3.63) is 0 Å². The average Bonchev–Trinajstić information content (AvgIpc) is 3.00. The lowest BCUT2D eigenvalue weighted by molar-refractivity contribution is -0.145. The number of hydrogen-bond donors (Lipinski definition) is 0. The van der Waals surface area contributed by atoms with Crippen LogP contribution < -0.4 is 0 Å². The average molecular weight is 254 g/mol. The third-order valence-electron chi connectivity index (χ3n) is 4.79. The van der Waals surface area contributed by atoms with Gasteiger partial charge in [-0.25, -0.2) is 0 Å². The summed E-state index contributed by atoms with van der Waals surface area (Å²) < 4.78 is 11.5. The molecule has 0 bridgehead atoms. The van der Waals surface area contributed by atoms with Crippen LogP contribution in [-0.4, -0.2) is 68.1 Å². The molecular weight excluding hydrogens is 228 g/mol. The lowest BCUT2D eigenvalue weighted by Gasteiger charge is -2.33. The molecule has 3 aliphatic heterocycles. The molecule has 0 saturated carbocycles. The topological polar surface area (TPSA) is 24.9 Å². The Morgan fingerprint density at radius 1 is 1.17 bits per heavy atom. The van der Waals surface area contributed by atoms with Crippen LogP contribution in [0.2, 0.25) is 0 Å². The first-order valence-electron chi connectivity index (χ1n) is 7.48. The third-order valence-corrected chi connectivity index (χ3v) is 4.79. The highest BCUT2D eigenvalue weighted by Crippen LogP contribution is 2.30. The Hall–Kier alpha value is -0.160. The molecule has 3 fully saturated rings. The second-order valence-electron chi connectivity index (χ2n) is 6.05. The molecule has 0 aromatic carbocycles. The lowest BCUT2D eigenvalue weighted by atomic mass is 10.00. The molecule has 0 aromatic rings. The second-order valence-corrected chi connectivity index (χ2v) is 6.05. The Balaban J connectivity index is 1.44. The first-order valence-corrected chi connectivity index (χ1v) is 7.48. The molecule has 1 atom stereocenters. The van der Waals surface area contributed by atoms with E-state index in [0.717, 1.165) is 38.8 Å². The van der Waals surface area contributed by atoms with E-state index in [2.05, 4.69) is 16.8 Å². The molecular formula is C14H26N2O2. The highest BCUT2D eigenvalue weighted by molar-refractivity contribution is 4.87. The van der Waals surface area contributed by atoms with Crippen molar-refractivity contribution in [3.63, 3.8) is 0 Å². The van der Waals surface area contributed by atoms with Crippen molar-refractivity contribution in [2.24, 2.45) is 0 Å². The normalized spacial score (nSPS) is 33.5. The summed E-state index contributed by atoms with van der Waals surface area (Å²) in [5.41, 5.74) is 0. The van der Waals surface area contributed by atoms with Crippen LogP contribution in [0.5, 0.6) is 0 Å². The maximum Gasteiger partial charge on any atom is 0.182 e. The molecule has 0 radical (unpaired) electrons. The largest absolute Gasteiger partial charge is 0.346 e. The van der Waals surface area contributed by atoms with E-state index in [1.165, 1.54) is 38.8 Å². The van der Waals surface area contributed by atoms with Crippen LogP contribution in [0.25, 0.3) is 0 Å². The minimum atomic E-state index is -0.238. The molecule has 0 aromatic heterocycles. The molecule has 0 aliphatic carbocycles. The van der Waals surface area contributed by atoms with Gasteiger partial charge in [0.05, 0.1) is 19.8 Å². The van der Waals surface area contributed by atoms with E-state index in [4.69, 9.17) is 9.47 Å². The van der Waals surface area contributed by atoms with Crippen LogP contribution in [-0.2, 0) is 9.47 Å². The summed E-state index contributed by atoms with van der Waals surface area (Å²) >= 11 is 0. The van der Waals surface area contributed by atoms with Crippen LogP contribution >= 0.6 is 0 Å². The van der Waals surface area contributed by atoms with Gasteiger partial charge in [0, 0.05) is 19.0 Å². The third kappa shape index (κ3) is 2.72. The van der Waals surface area contributed by atoms with Gasteiger partial charge in [-0.3, -0.25) is 4.90 Å². The second kappa shape index (κ2) is 5.45. The van der Waals surface area contributed by atoms with Crippen LogP contribution in [0.4, 0.5) is 0 Å². The Bertz CT molecular complexity index is 279. The molecule has 0 N–H and O–H groups in total. The predicted octanol–water partition coefficient (Wildman–Crippen LogP) is 1.31. The highest BCUT2D eigenvalue weighted by atomic mass is 16.7. The zero-order valence-corrected chi connectivity index (χ0v) is 11.6. The van der Waals surface area contributed by atoms with Gasteiger partial charge in [0.25, 0.3) is 0 Å². The molecule has 4 nitrogen and oxygen atoms in total. The summed E-state index contributed by atoms with van der Waals surface area (Å²) in [4.78, 5) is 5.06. The fourth-order valence-corrected chi connectivity index (χ4v) is 3.59. The number of ether oxygens (including phenoxy) is 2. The Morgan fingerprint density at radius 2 is 2.00 bits per heavy atom. The Kier molecular flexibility index (Phi) is 3.89. The first-order chi connectivity index (χ1) is 8.77. The van der Waals surface area contributed by atoms with E-state index < -0.39 is 0 Å². The zero-order valence-electron chi connectivity index (χ0n) is 11.6. The molecule has 18 heavy (non-hydrogen) atoms. The fraction of sp³-hybridized carbons (Fsp3) is 1.00. The minimum absolute atomic E-state index is 0.238. The van der Waals surface area contributed by atoms with Crippen molar-refractivity contribution >= 4 is 0 Å². The van der Waals surface area contributed by atoms with E-state index in [-0.39, 0.29) is 5.79 Å². The number of piperidine rings is 1. The van der Waals surface area contributed by atoms with Gasteiger partial charge < -0.3 is 14.4 Å². The molecule has 3 aliphatic rings. The molecule has 1 spiro atoms. The van der Waals surface area contributed by atoms with Gasteiger partial charge in [0.15, 0.2) is 5.79 Å². The lowest BCUT2D eigenvalue weighted by Crippen LogP contribution is -2.40. The van der Waals surface area contributed by atoms with Gasteiger partial charge in [-0.15, -0.1) is 0 Å². The molecule has 3 heterocycles. The van der Waals surface area contributed by atoms with Gasteiger partial charge in [0.1, 0.15) is 0 Å². The van der Waals surface area contributed by atoms with Crippen molar-refractivity contribution in [2.75, 3.05) is 46.4 Å². The molecule has 4 heteroatoms. The molecule has 3 saturated heterocycles. The van der Waals surface area contributed by atoms with Crippen molar-refractivity contribution < 1.29 is 9.47 Å². The summed E-state index contributed by atoms with van der Waals surface area (Å²) in [6, 6.07) is 0.792. The van der Waals surface area contributed by atoms with Gasteiger partial charge in [-0.1, -0.05) is 6.42 Å². The molecule has 104 valence electrons. The summed E-state index contributed by atoms with van der Waals surface area (Å²) in [6.45, 7) is 6.14. The van der Waals surface area contributed by atoms with Gasteiger partial charge >= 0.3 is 0 Å². The Labute approximate surface area is 110 Å². The predicted molar refractivity (Wildman–Crippen MR) is 70.6 cm³/mol. The van der Waals surface area contributed by atoms with E-state index >= 15 is 0 Å². The van der Waals surface area contributed by atoms with Crippen molar-refractivity contribution in [2.45, 2.75) is 43.9 Å². The van der Waals surface area contributed by atoms with Gasteiger partial charge in [-0.2, -0.15) is 0 Å². The van der Waals surface area contributed by atoms with Crippen LogP contribution in [0, 0.1) is 0 Å². The number of nitrogens with zero attached hydrogens (tertiary/aromatic N) is 2.